The van der Waals surface area contributed by atoms with Gasteiger partial charge in [-0.3, -0.25) is 9.58 Å². The minimum atomic E-state index is -0.0497. The van der Waals surface area contributed by atoms with Crippen molar-refractivity contribution in [3.63, 3.8) is 0 Å². The highest BCUT2D eigenvalue weighted by atomic mass is 16.2. The minimum Gasteiger partial charge on any atom is -0.336 e. The molecule has 1 aliphatic rings. The third-order valence-corrected chi connectivity index (χ3v) is 5.69. The van der Waals surface area contributed by atoms with E-state index in [0.29, 0.717) is 13.1 Å². The number of rotatable bonds is 6. The van der Waals surface area contributed by atoms with Gasteiger partial charge in [0.15, 0.2) is 0 Å². The summed E-state index contributed by atoms with van der Waals surface area (Å²) < 4.78 is 1.76. The van der Waals surface area contributed by atoms with Crippen LogP contribution in [0.15, 0.2) is 36.7 Å². The van der Waals surface area contributed by atoms with Gasteiger partial charge in [0, 0.05) is 32.4 Å². The Bertz CT molecular complexity index is 761. The van der Waals surface area contributed by atoms with Crippen molar-refractivity contribution in [3.05, 3.63) is 53.3 Å². The van der Waals surface area contributed by atoms with Crippen LogP contribution in [0.3, 0.4) is 0 Å². The summed E-state index contributed by atoms with van der Waals surface area (Å²) in [4.78, 5) is 16.9. The molecule has 0 saturated carbocycles. The Balaban J connectivity index is 1.63. The molecule has 2 aromatic rings. The highest BCUT2D eigenvalue weighted by Crippen LogP contribution is 2.26. The molecule has 1 N–H and O–H groups in total. The van der Waals surface area contributed by atoms with Crippen molar-refractivity contribution in [2.45, 2.75) is 39.3 Å². The Morgan fingerprint density at radius 2 is 1.96 bits per heavy atom. The van der Waals surface area contributed by atoms with E-state index in [1.807, 2.05) is 20.3 Å². The lowest BCUT2D eigenvalue weighted by Gasteiger charge is -2.37. The number of amides is 2. The number of piperidine rings is 1. The predicted octanol–water partition coefficient (Wildman–Crippen LogP) is 3.34. The number of urea groups is 1. The molecule has 0 spiro atoms. The van der Waals surface area contributed by atoms with Crippen molar-refractivity contribution in [2.75, 3.05) is 26.7 Å². The topological polar surface area (TPSA) is 53.4 Å². The number of nitrogens with zero attached hydrogens (tertiary/aromatic N) is 4. The van der Waals surface area contributed by atoms with Gasteiger partial charge in [-0.1, -0.05) is 36.8 Å². The van der Waals surface area contributed by atoms with Crippen molar-refractivity contribution >= 4 is 6.03 Å². The van der Waals surface area contributed by atoms with Crippen molar-refractivity contribution < 1.29 is 4.79 Å². The van der Waals surface area contributed by atoms with Gasteiger partial charge in [0.2, 0.25) is 0 Å². The van der Waals surface area contributed by atoms with E-state index >= 15 is 0 Å². The second-order valence-corrected chi connectivity index (χ2v) is 8.21. The van der Waals surface area contributed by atoms with E-state index in [1.165, 1.54) is 24.0 Å². The van der Waals surface area contributed by atoms with Crippen molar-refractivity contribution in [3.8, 4) is 0 Å². The van der Waals surface area contributed by atoms with Gasteiger partial charge in [-0.15, -0.1) is 0 Å². The van der Waals surface area contributed by atoms with Gasteiger partial charge in [-0.2, -0.15) is 5.10 Å². The van der Waals surface area contributed by atoms with E-state index in [0.717, 1.165) is 24.6 Å². The first-order chi connectivity index (χ1) is 13.4. The molecule has 1 fully saturated rings. The first-order valence-corrected chi connectivity index (χ1v) is 10.2. The fourth-order valence-electron chi connectivity index (χ4n) is 3.80. The van der Waals surface area contributed by atoms with Gasteiger partial charge in [0.05, 0.1) is 18.8 Å². The van der Waals surface area contributed by atoms with Crippen LogP contribution in [-0.2, 0) is 13.6 Å². The number of aryl methyl sites for hydroxylation is 2. The van der Waals surface area contributed by atoms with Crippen LogP contribution in [0.4, 0.5) is 4.79 Å². The first kappa shape index (κ1) is 20.4. The van der Waals surface area contributed by atoms with Crippen molar-refractivity contribution in [2.24, 2.45) is 13.0 Å². The Hall–Kier alpha value is -2.34. The molecule has 6 nitrogen and oxygen atoms in total. The summed E-state index contributed by atoms with van der Waals surface area (Å²) in [5, 5.41) is 7.32. The zero-order valence-corrected chi connectivity index (χ0v) is 17.6. The SMILES string of the molecule is Cc1ccc([C@@H](CNC(=O)N(C)Cc2cnn(C)c2)N2CCC(C)CC2)cc1. The van der Waals surface area contributed by atoms with Crippen molar-refractivity contribution in [1.29, 1.82) is 0 Å². The third kappa shape index (κ3) is 5.35. The number of aromatic nitrogens is 2. The van der Waals surface area contributed by atoms with Gasteiger partial charge in [0.25, 0.3) is 0 Å². The summed E-state index contributed by atoms with van der Waals surface area (Å²) in [6.45, 7) is 7.77. The molecule has 0 radical (unpaired) electrons. The highest BCUT2D eigenvalue weighted by Gasteiger charge is 2.25. The van der Waals surface area contributed by atoms with E-state index in [4.69, 9.17) is 0 Å². The van der Waals surface area contributed by atoms with Crippen LogP contribution < -0.4 is 5.32 Å². The van der Waals surface area contributed by atoms with Crippen LogP contribution >= 0.6 is 0 Å². The maximum atomic E-state index is 12.6. The lowest BCUT2D eigenvalue weighted by Crippen LogP contribution is -2.44. The summed E-state index contributed by atoms with van der Waals surface area (Å²) in [6.07, 6.45) is 6.18. The molecular formula is C22H33N5O. The Kier molecular flexibility index (Phi) is 6.73. The molecule has 0 bridgehead atoms. The fraction of sp³-hybridized carbons (Fsp3) is 0.545. The molecule has 28 heavy (non-hydrogen) atoms. The number of carbonyl (C=O) groups excluding carboxylic acids is 1. The van der Waals surface area contributed by atoms with E-state index in [-0.39, 0.29) is 12.1 Å². The molecule has 2 amide bonds. The molecule has 6 heteroatoms. The average molecular weight is 384 g/mol. The second kappa shape index (κ2) is 9.24. The molecular weight excluding hydrogens is 350 g/mol. The normalized spacial score (nSPS) is 16.7. The predicted molar refractivity (Wildman–Crippen MR) is 112 cm³/mol. The second-order valence-electron chi connectivity index (χ2n) is 8.21. The van der Waals surface area contributed by atoms with Gasteiger partial charge in [-0.25, -0.2) is 4.79 Å². The van der Waals surface area contributed by atoms with Crippen LogP contribution in [0.25, 0.3) is 0 Å². The molecule has 0 unspecified atom stereocenters. The lowest BCUT2D eigenvalue weighted by molar-refractivity contribution is 0.134. The van der Waals surface area contributed by atoms with E-state index in [9.17, 15) is 4.79 Å². The van der Waals surface area contributed by atoms with Crippen LogP contribution in [0.1, 0.15) is 42.5 Å². The van der Waals surface area contributed by atoms with Crippen LogP contribution in [0.5, 0.6) is 0 Å². The maximum Gasteiger partial charge on any atom is 0.317 e. The Labute approximate surface area is 168 Å². The van der Waals surface area contributed by atoms with E-state index < -0.39 is 0 Å². The summed E-state index contributed by atoms with van der Waals surface area (Å²) in [7, 11) is 3.71. The van der Waals surface area contributed by atoms with Crippen LogP contribution in [0, 0.1) is 12.8 Å². The average Bonchev–Trinajstić information content (AvgIpc) is 3.09. The fourth-order valence-corrected chi connectivity index (χ4v) is 3.80. The first-order valence-electron chi connectivity index (χ1n) is 10.2. The van der Waals surface area contributed by atoms with Crippen LogP contribution in [-0.4, -0.2) is 52.3 Å². The molecule has 152 valence electrons. The molecule has 3 rings (SSSR count). The quantitative estimate of drug-likeness (QED) is 0.832. The third-order valence-electron chi connectivity index (χ3n) is 5.69. The van der Waals surface area contributed by atoms with Crippen LogP contribution in [0.2, 0.25) is 0 Å². The van der Waals surface area contributed by atoms with Gasteiger partial charge < -0.3 is 10.2 Å². The summed E-state index contributed by atoms with van der Waals surface area (Å²) in [6, 6.07) is 8.87. The number of carbonyl (C=O) groups is 1. The van der Waals surface area contributed by atoms with Crippen molar-refractivity contribution in [1.82, 2.24) is 24.9 Å². The molecule has 1 atom stereocenters. The van der Waals surface area contributed by atoms with Gasteiger partial charge in [-0.05, 0) is 44.3 Å². The Morgan fingerprint density at radius 1 is 1.29 bits per heavy atom. The number of hydrogen-bond donors (Lipinski definition) is 1. The standard InChI is InChI=1S/C22H33N5O/c1-17-5-7-20(8-6-17)21(27-11-9-18(2)10-12-27)14-23-22(28)25(3)15-19-13-24-26(4)16-19/h5-8,13,16,18,21H,9-12,14-15H2,1-4H3,(H,23,28)/t21-/m1/s1. The smallest absolute Gasteiger partial charge is 0.317 e. The summed E-state index contributed by atoms with van der Waals surface area (Å²) >= 11 is 0. The molecule has 1 aliphatic heterocycles. The summed E-state index contributed by atoms with van der Waals surface area (Å²) in [5.41, 5.74) is 3.56. The molecule has 0 aliphatic carbocycles. The zero-order chi connectivity index (χ0) is 20.1. The number of likely N-dealkylation sites (tertiary alicyclic amines) is 1. The lowest BCUT2D eigenvalue weighted by atomic mass is 9.95. The van der Waals surface area contributed by atoms with Gasteiger partial charge in [0.1, 0.15) is 0 Å². The maximum absolute atomic E-state index is 12.6. The van der Waals surface area contributed by atoms with E-state index in [1.54, 1.807) is 15.8 Å². The van der Waals surface area contributed by atoms with Gasteiger partial charge >= 0.3 is 6.03 Å². The Morgan fingerprint density at radius 3 is 2.57 bits per heavy atom. The number of hydrogen-bond acceptors (Lipinski definition) is 3. The molecule has 1 aromatic heterocycles. The highest BCUT2D eigenvalue weighted by molar-refractivity contribution is 5.73. The number of nitrogens with one attached hydrogen (secondary N) is 1. The number of benzene rings is 1. The molecule has 1 aromatic carbocycles. The van der Waals surface area contributed by atoms with E-state index in [2.05, 4.69) is 53.4 Å². The monoisotopic (exact) mass is 383 g/mol. The molecule has 1 saturated heterocycles. The zero-order valence-electron chi connectivity index (χ0n) is 17.6. The molecule has 2 heterocycles. The summed E-state index contributed by atoms with van der Waals surface area (Å²) in [5.74, 6) is 0.787. The largest absolute Gasteiger partial charge is 0.336 e. The minimum absolute atomic E-state index is 0.0497.